The first-order valence-corrected chi connectivity index (χ1v) is 8.25. The number of amides is 2. The fourth-order valence-corrected chi connectivity index (χ4v) is 3.27. The average molecular weight is 331 g/mol. The van der Waals surface area contributed by atoms with Crippen LogP contribution in [-0.2, 0) is 4.79 Å². The number of ether oxygens (including phenoxy) is 1. The Morgan fingerprint density at radius 3 is 2.61 bits per heavy atom. The fourth-order valence-electron chi connectivity index (χ4n) is 2.43. The van der Waals surface area contributed by atoms with E-state index in [1.54, 1.807) is 19.3 Å². The van der Waals surface area contributed by atoms with Gasteiger partial charge in [-0.3, -0.25) is 14.5 Å². The van der Waals surface area contributed by atoms with Gasteiger partial charge in [0.25, 0.3) is 11.1 Å². The molecular weight excluding hydrogens is 310 g/mol. The van der Waals surface area contributed by atoms with Crippen molar-refractivity contribution in [2.24, 2.45) is 0 Å². The minimum atomic E-state index is -0.263. The number of hydrogen-bond donors (Lipinski definition) is 0. The minimum Gasteiger partial charge on any atom is -0.496 e. The van der Waals surface area contributed by atoms with Gasteiger partial charge in [-0.2, -0.15) is 0 Å². The van der Waals surface area contributed by atoms with Crippen molar-refractivity contribution in [3.8, 4) is 5.75 Å². The normalized spacial score (nSPS) is 16.6. The van der Waals surface area contributed by atoms with Crippen LogP contribution in [0.3, 0.4) is 0 Å². The van der Waals surface area contributed by atoms with Gasteiger partial charge in [-0.25, -0.2) is 0 Å². The quantitative estimate of drug-likeness (QED) is 0.594. The summed E-state index contributed by atoms with van der Waals surface area (Å²) in [5, 5.41) is -0.253. The van der Waals surface area contributed by atoms with Gasteiger partial charge in [0.2, 0.25) is 0 Å². The topological polar surface area (TPSA) is 46.6 Å². The maximum absolute atomic E-state index is 12.3. The van der Waals surface area contributed by atoms with E-state index in [1.807, 2.05) is 19.1 Å². The lowest BCUT2D eigenvalue weighted by atomic mass is 9.96. The van der Waals surface area contributed by atoms with Crippen molar-refractivity contribution in [1.29, 1.82) is 0 Å². The average Bonchev–Trinajstić information content (AvgIpc) is 2.76. The van der Waals surface area contributed by atoms with Crippen molar-refractivity contribution >= 4 is 29.0 Å². The van der Waals surface area contributed by atoms with Crippen LogP contribution in [0, 0.1) is 6.92 Å². The van der Waals surface area contributed by atoms with E-state index in [4.69, 9.17) is 4.74 Å². The number of thioether (sulfide) groups is 1. The largest absolute Gasteiger partial charge is 0.496 e. The number of carbonyl (C=O) groups is 2. The van der Waals surface area contributed by atoms with Gasteiger partial charge in [0.15, 0.2) is 0 Å². The first-order valence-electron chi connectivity index (χ1n) is 7.43. The highest BCUT2D eigenvalue weighted by Crippen LogP contribution is 2.35. The van der Waals surface area contributed by atoms with E-state index in [-0.39, 0.29) is 17.7 Å². The number of hydrogen-bond acceptors (Lipinski definition) is 4. The number of carbonyl (C=O) groups excluding carboxylic acids is 2. The molecule has 1 saturated heterocycles. The second kappa shape index (κ2) is 7.04. The van der Waals surface area contributed by atoms with Gasteiger partial charge in [-0.1, -0.05) is 19.9 Å². The predicted molar refractivity (Wildman–Crippen MR) is 94.7 cm³/mol. The van der Waals surface area contributed by atoms with Crippen molar-refractivity contribution < 1.29 is 14.3 Å². The number of benzene rings is 1. The van der Waals surface area contributed by atoms with E-state index in [1.165, 1.54) is 4.90 Å². The fraction of sp³-hybridized carbons (Fsp3) is 0.333. The molecule has 0 unspecified atom stereocenters. The number of rotatable bonds is 5. The Hall–Kier alpha value is -2.01. The van der Waals surface area contributed by atoms with Crippen LogP contribution in [0.2, 0.25) is 0 Å². The van der Waals surface area contributed by atoms with Crippen LogP contribution < -0.4 is 4.74 Å². The van der Waals surface area contributed by atoms with Gasteiger partial charge in [0.1, 0.15) is 5.75 Å². The van der Waals surface area contributed by atoms with Gasteiger partial charge < -0.3 is 4.74 Å². The Labute approximate surface area is 141 Å². The van der Waals surface area contributed by atoms with Crippen molar-refractivity contribution in [3.05, 3.63) is 46.4 Å². The molecule has 0 aliphatic carbocycles. The monoisotopic (exact) mass is 331 g/mol. The summed E-state index contributed by atoms with van der Waals surface area (Å²) >= 11 is 0.969. The van der Waals surface area contributed by atoms with Crippen LogP contribution in [-0.4, -0.2) is 29.7 Å². The summed E-state index contributed by atoms with van der Waals surface area (Å²) in [6, 6.07) is 4.00. The summed E-state index contributed by atoms with van der Waals surface area (Å²) in [6.45, 7) is 9.96. The van der Waals surface area contributed by atoms with Gasteiger partial charge in [-0.15, -0.1) is 6.58 Å². The number of imide groups is 1. The zero-order chi connectivity index (χ0) is 17.1. The molecule has 1 aromatic carbocycles. The summed E-state index contributed by atoms with van der Waals surface area (Å²) in [7, 11) is 1.65. The highest BCUT2D eigenvalue weighted by Gasteiger charge is 2.34. The molecule has 0 saturated carbocycles. The van der Waals surface area contributed by atoms with E-state index in [0.29, 0.717) is 10.8 Å². The van der Waals surface area contributed by atoms with Crippen molar-refractivity contribution in [3.63, 3.8) is 0 Å². The number of methoxy groups -OCH3 is 1. The second-order valence-corrected chi connectivity index (χ2v) is 6.68. The first-order chi connectivity index (χ1) is 10.9. The first kappa shape index (κ1) is 17.3. The molecule has 1 aliphatic heterocycles. The highest BCUT2D eigenvalue weighted by atomic mass is 32.2. The van der Waals surface area contributed by atoms with Crippen molar-refractivity contribution in [1.82, 2.24) is 4.90 Å². The van der Waals surface area contributed by atoms with Gasteiger partial charge in [0, 0.05) is 6.54 Å². The summed E-state index contributed by atoms with van der Waals surface area (Å²) in [6.07, 6.45) is 3.34. The third kappa shape index (κ3) is 3.50. The predicted octanol–water partition coefficient (Wildman–Crippen LogP) is 4.35. The molecule has 1 fully saturated rings. The van der Waals surface area contributed by atoms with Gasteiger partial charge >= 0.3 is 0 Å². The van der Waals surface area contributed by atoms with Gasteiger partial charge in [-0.05, 0) is 59.5 Å². The molecule has 122 valence electrons. The molecule has 23 heavy (non-hydrogen) atoms. The number of nitrogens with zero attached hydrogens (tertiary/aromatic N) is 1. The van der Waals surface area contributed by atoms with Crippen LogP contribution in [0.25, 0.3) is 6.08 Å². The molecule has 1 aromatic rings. The summed E-state index contributed by atoms with van der Waals surface area (Å²) < 4.78 is 5.43. The molecule has 0 atom stereocenters. The Kier molecular flexibility index (Phi) is 5.31. The molecule has 0 N–H and O–H groups in total. The van der Waals surface area contributed by atoms with Crippen LogP contribution in [0.4, 0.5) is 4.79 Å². The molecule has 2 rings (SSSR count). The van der Waals surface area contributed by atoms with Crippen molar-refractivity contribution in [2.75, 3.05) is 13.7 Å². The molecule has 2 amide bonds. The molecule has 0 bridgehead atoms. The van der Waals surface area contributed by atoms with Crippen LogP contribution in [0.1, 0.15) is 36.5 Å². The smallest absolute Gasteiger partial charge is 0.293 e. The third-order valence-electron chi connectivity index (χ3n) is 3.71. The summed E-state index contributed by atoms with van der Waals surface area (Å²) in [5.41, 5.74) is 3.01. The lowest BCUT2D eigenvalue weighted by Gasteiger charge is -2.15. The second-order valence-electron chi connectivity index (χ2n) is 5.69. The van der Waals surface area contributed by atoms with Crippen LogP contribution >= 0.6 is 11.8 Å². The summed E-state index contributed by atoms with van der Waals surface area (Å²) in [5.74, 6) is 0.879. The molecule has 1 heterocycles. The zero-order valence-electron chi connectivity index (χ0n) is 13.9. The molecule has 1 aliphatic rings. The lowest BCUT2D eigenvalue weighted by molar-refractivity contribution is -0.122. The van der Waals surface area contributed by atoms with Crippen molar-refractivity contribution in [2.45, 2.75) is 26.7 Å². The molecule has 0 radical (unpaired) electrons. The Balaban J connectivity index is 2.43. The van der Waals surface area contributed by atoms with Crippen LogP contribution in [0.15, 0.2) is 29.7 Å². The lowest BCUT2D eigenvalue weighted by Crippen LogP contribution is -2.27. The number of aryl methyl sites for hydroxylation is 1. The van der Waals surface area contributed by atoms with E-state index in [9.17, 15) is 9.59 Å². The minimum absolute atomic E-state index is 0.237. The highest BCUT2D eigenvalue weighted by molar-refractivity contribution is 8.18. The Bertz CT molecular complexity index is 692. The Morgan fingerprint density at radius 1 is 1.35 bits per heavy atom. The maximum atomic E-state index is 12.3. The standard InChI is InChI=1S/C18H21NO3S/c1-6-7-19-17(20)16(23-18(19)21)10-13-9-14(11(2)3)15(22-5)8-12(13)4/h6,8-11H,1,7H2,2-5H3/b16-10+. The Morgan fingerprint density at radius 2 is 2.04 bits per heavy atom. The molecule has 5 heteroatoms. The zero-order valence-corrected chi connectivity index (χ0v) is 14.7. The van der Waals surface area contributed by atoms with E-state index in [2.05, 4.69) is 20.4 Å². The third-order valence-corrected chi connectivity index (χ3v) is 4.62. The van der Waals surface area contributed by atoms with E-state index < -0.39 is 0 Å². The molecule has 0 spiro atoms. The summed E-state index contributed by atoms with van der Waals surface area (Å²) in [4.78, 5) is 25.8. The molecule has 0 aromatic heterocycles. The maximum Gasteiger partial charge on any atom is 0.293 e. The molecular formula is C18H21NO3S. The van der Waals surface area contributed by atoms with E-state index in [0.717, 1.165) is 34.2 Å². The van der Waals surface area contributed by atoms with Crippen LogP contribution in [0.5, 0.6) is 5.75 Å². The van der Waals surface area contributed by atoms with E-state index >= 15 is 0 Å². The molecule has 4 nitrogen and oxygen atoms in total. The SMILES string of the molecule is C=CCN1C(=O)S/C(=C/c2cc(C(C)C)c(OC)cc2C)C1=O. The van der Waals surface area contributed by atoms with Gasteiger partial charge in [0.05, 0.1) is 12.0 Å².